The van der Waals surface area contributed by atoms with E-state index < -0.39 is 0 Å². The number of nitrogens with two attached hydrogens (primary N) is 1. The predicted octanol–water partition coefficient (Wildman–Crippen LogP) is 2.67. The van der Waals surface area contributed by atoms with Crippen molar-refractivity contribution in [3.8, 4) is 5.75 Å². The maximum Gasteiger partial charge on any atom is 0.146 e. The van der Waals surface area contributed by atoms with Crippen LogP contribution in [0.15, 0.2) is 23.3 Å². The minimum Gasteiger partial charge on any atom is -0.494 e. The van der Waals surface area contributed by atoms with Crippen molar-refractivity contribution < 1.29 is 4.74 Å². The van der Waals surface area contributed by atoms with Crippen molar-refractivity contribution in [2.75, 3.05) is 7.11 Å². The molecular formula is C11H15ClN2O. The van der Waals surface area contributed by atoms with Gasteiger partial charge in [0.1, 0.15) is 5.75 Å². The lowest BCUT2D eigenvalue weighted by atomic mass is 9.99. The summed E-state index contributed by atoms with van der Waals surface area (Å²) in [5, 5.41) is 4.35. The monoisotopic (exact) mass is 226 g/mol. The molecule has 1 aromatic carbocycles. The molecule has 1 aromatic rings. The molecule has 0 amide bonds. The molecule has 0 aliphatic heterocycles. The van der Waals surface area contributed by atoms with Gasteiger partial charge in [-0.1, -0.05) is 31.5 Å². The molecule has 0 saturated carbocycles. The summed E-state index contributed by atoms with van der Waals surface area (Å²) in [5.74, 6) is 6.22. The minimum absolute atomic E-state index is 0.224. The molecule has 3 nitrogen and oxygen atoms in total. The quantitative estimate of drug-likeness (QED) is 0.489. The smallest absolute Gasteiger partial charge is 0.146 e. The molecule has 0 aromatic heterocycles. The van der Waals surface area contributed by atoms with E-state index in [1.807, 2.05) is 26.0 Å². The van der Waals surface area contributed by atoms with E-state index in [2.05, 4.69) is 5.10 Å². The average Bonchev–Trinajstić information content (AvgIpc) is 2.18. The van der Waals surface area contributed by atoms with Crippen LogP contribution in [0.2, 0.25) is 5.02 Å². The largest absolute Gasteiger partial charge is 0.494 e. The van der Waals surface area contributed by atoms with E-state index in [9.17, 15) is 0 Å². The lowest BCUT2D eigenvalue weighted by molar-refractivity contribution is 0.414. The molecule has 0 spiro atoms. The zero-order valence-electron chi connectivity index (χ0n) is 9.12. The van der Waals surface area contributed by atoms with Crippen LogP contribution >= 0.6 is 11.6 Å². The zero-order valence-corrected chi connectivity index (χ0v) is 9.88. The maximum atomic E-state index is 6.01. The van der Waals surface area contributed by atoms with Crippen molar-refractivity contribution >= 4 is 17.3 Å². The molecule has 0 bridgehead atoms. The second-order valence-corrected chi connectivity index (χ2v) is 3.90. The van der Waals surface area contributed by atoms with E-state index in [1.54, 1.807) is 13.2 Å². The van der Waals surface area contributed by atoms with Crippen molar-refractivity contribution in [1.82, 2.24) is 0 Å². The van der Waals surface area contributed by atoms with Crippen molar-refractivity contribution in [2.24, 2.45) is 16.9 Å². The standard InChI is InChI=1S/C11H15ClN2O/c1-7(2)10(14-13)8-5-4-6-9(12)11(8)15-3/h4-7H,13H2,1-3H3. The number of rotatable bonds is 3. The maximum absolute atomic E-state index is 6.01. The Kier molecular flexibility index (Phi) is 3.97. The van der Waals surface area contributed by atoms with Crippen molar-refractivity contribution in [1.29, 1.82) is 0 Å². The van der Waals surface area contributed by atoms with Gasteiger partial charge < -0.3 is 10.6 Å². The number of hydrazone groups is 1. The molecule has 0 aliphatic carbocycles. The highest BCUT2D eigenvalue weighted by Crippen LogP contribution is 2.30. The molecule has 0 heterocycles. The highest BCUT2D eigenvalue weighted by molar-refractivity contribution is 6.32. The average molecular weight is 227 g/mol. The number of benzene rings is 1. The summed E-state index contributed by atoms with van der Waals surface area (Å²) in [6, 6.07) is 5.53. The number of methoxy groups -OCH3 is 1. The molecule has 1 rings (SSSR count). The van der Waals surface area contributed by atoms with Gasteiger partial charge in [0.25, 0.3) is 0 Å². The Hall–Kier alpha value is -1.22. The predicted molar refractivity (Wildman–Crippen MR) is 63.6 cm³/mol. The first-order valence-corrected chi connectivity index (χ1v) is 5.10. The van der Waals surface area contributed by atoms with Crippen molar-refractivity contribution in [3.05, 3.63) is 28.8 Å². The van der Waals surface area contributed by atoms with E-state index >= 15 is 0 Å². The fourth-order valence-electron chi connectivity index (χ4n) is 1.45. The summed E-state index contributed by atoms with van der Waals surface area (Å²) in [6.45, 7) is 4.04. The van der Waals surface area contributed by atoms with Gasteiger partial charge in [-0.15, -0.1) is 0 Å². The Labute approximate surface area is 94.9 Å². The molecular weight excluding hydrogens is 212 g/mol. The molecule has 0 atom stereocenters. The van der Waals surface area contributed by atoms with Gasteiger partial charge >= 0.3 is 0 Å². The van der Waals surface area contributed by atoms with Gasteiger partial charge in [-0.05, 0) is 18.1 Å². The molecule has 4 heteroatoms. The van der Waals surface area contributed by atoms with Gasteiger partial charge in [0, 0.05) is 5.56 Å². The van der Waals surface area contributed by atoms with Gasteiger partial charge in [-0.25, -0.2) is 0 Å². The van der Waals surface area contributed by atoms with Crippen LogP contribution in [0.25, 0.3) is 0 Å². The van der Waals surface area contributed by atoms with Gasteiger partial charge in [-0.2, -0.15) is 5.10 Å². The molecule has 0 aliphatic rings. The molecule has 0 unspecified atom stereocenters. The number of para-hydroxylation sites is 1. The Morgan fingerprint density at radius 2 is 2.13 bits per heavy atom. The lowest BCUT2D eigenvalue weighted by Crippen LogP contribution is -2.13. The molecule has 15 heavy (non-hydrogen) atoms. The molecule has 0 saturated heterocycles. The Morgan fingerprint density at radius 3 is 2.60 bits per heavy atom. The molecule has 0 fully saturated rings. The fourth-order valence-corrected chi connectivity index (χ4v) is 1.70. The number of hydrogen-bond donors (Lipinski definition) is 1. The number of halogens is 1. The van der Waals surface area contributed by atoms with E-state index in [4.69, 9.17) is 22.2 Å². The lowest BCUT2D eigenvalue weighted by Gasteiger charge is -2.13. The Morgan fingerprint density at radius 1 is 1.47 bits per heavy atom. The first-order chi connectivity index (χ1) is 7.11. The summed E-state index contributed by atoms with van der Waals surface area (Å²) in [4.78, 5) is 0. The van der Waals surface area contributed by atoms with Crippen molar-refractivity contribution in [2.45, 2.75) is 13.8 Å². The van der Waals surface area contributed by atoms with E-state index in [0.29, 0.717) is 10.8 Å². The van der Waals surface area contributed by atoms with Crippen LogP contribution in [0.5, 0.6) is 5.75 Å². The Bertz CT molecular complexity index is 375. The van der Waals surface area contributed by atoms with Gasteiger partial charge in [-0.3, -0.25) is 0 Å². The molecule has 82 valence electrons. The summed E-state index contributed by atoms with van der Waals surface area (Å²) >= 11 is 6.01. The van der Waals surface area contributed by atoms with Gasteiger partial charge in [0.2, 0.25) is 0 Å². The normalized spacial score (nSPS) is 11.9. The van der Waals surface area contributed by atoms with Crippen LogP contribution in [-0.2, 0) is 0 Å². The number of hydrogen-bond acceptors (Lipinski definition) is 3. The van der Waals surface area contributed by atoms with Crippen LogP contribution < -0.4 is 10.6 Å². The Balaban J connectivity index is 3.30. The van der Waals surface area contributed by atoms with Gasteiger partial charge in [0.15, 0.2) is 0 Å². The summed E-state index contributed by atoms with van der Waals surface area (Å²) in [6.07, 6.45) is 0. The topological polar surface area (TPSA) is 47.6 Å². The highest BCUT2D eigenvalue weighted by Gasteiger charge is 2.15. The van der Waals surface area contributed by atoms with E-state index in [0.717, 1.165) is 11.3 Å². The summed E-state index contributed by atoms with van der Waals surface area (Å²) in [7, 11) is 1.58. The van der Waals surface area contributed by atoms with Crippen LogP contribution in [0.3, 0.4) is 0 Å². The SMILES string of the molecule is COc1c(Cl)cccc1C(=NN)C(C)C. The first kappa shape index (κ1) is 11.9. The number of ether oxygens (including phenoxy) is 1. The molecule has 2 N–H and O–H groups in total. The second-order valence-electron chi connectivity index (χ2n) is 3.49. The van der Waals surface area contributed by atoms with E-state index in [1.165, 1.54) is 0 Å². The van der Waals surface area contributed by atoms with Crippen LogP contribution in [0, 0.1) is 5.92 Å². The minimum atomic E-state index is 0.224. The fraction of sp³-hybridized carbons (Fsp3) is 0.364. The second kappa shape index (κ2) is 5.03. The third-order valence-corrected chi connectivity index (χ3v) is 2.43. The summed E-state index contributed by atoms with van der Waals surface area (Å²) in [5.41, 5.74) is 1.64. The number of nitrogens with zero attached hydrogens (tertiary/aromatic N) is 1. The van der Waals surface area contributed by atoms with Crippen molar-refractivity contribution in [3.63, 3.8) is 0 Å². The third-order valence-electron chi connectivity index (χ3n) is 2.13. The van der Waals surface area contributed by atoms with Gasteiger partial charge in [0.05, 0.1) is 17.8 Å². The molecule has 0 radical (unpaired) electrons. The van der Waals surface area contributed by atoms with Crippen LogP contribution in [0.4, 0.5) is 0 Å². The first-order valence-electron chi connectivity index (χ1n) is 4.72. The van der Waals surface area contributed by atoms with Crippen LogP contribution in [0.1, 0.15) is 19.4 Å². The van der Waals surface area contributed by atoms with E-state index in [-0.39, 0.29) is 5.92 Å². The third kappa shape index (κ3) is 2.42. The van der Waals surface area contributed by atoms with Crippen LogP contribution in [-0.4, -0.2) is 12.8 Å². The summed E-state index contributed by atoms with van der Waals surface area (Å²) < 4.78 is 5.24. The zero-order chi connectivity index (χ0) is 11.4. The highest BCUT2D eigenvalue weighted by atomic mass is 35.5.